The summed E-state index contributed by atoms with van der Waals surface area (Å²) in [5, 5.41) is 18.7. The van der Waals surface area contributed by atoms with Crippen molar-refractivity contribution >= 4 is 11.5 Å². The summed E-state index contributed by atoms with van der Waals surface area (Å²) in [7, 11) is 0. The van der Waals surface area contributed by atoms with E-state index < -0.39 is 0 Å². The largest absolute Gasteiger partial charge is 0.494 e. The zero-order valence-electron chi connectivity index (χ0n) is 15.9. The van der Waals surface area contributed by atoms with E-state index in [2.05, 4.69) is 25.9 Å². The van der Waals surface area contributed by atoms with Crippen LogP contribution >= 0.6 is 0 Å². The molecule has 0 unspecified atom stereocenters. The fourth-order valence-electron chi connectivity index (χ4n) is 2.75. The maximum absolute atomic E-state index is 5.79. The zero-order valence-corrected chi connectivity index (χ0v) is 15.9. The molecule has 4 rings (SSSR count). The molecule has 8 nitrogen and oxygen atoms in total. The molecule has 0 fully saturated rings. The van der Waals surface area contributed by atoms with Crippen LogP contribution in [0.25, 0.3) is 5.65 Å². The summed E-state index contributed by atoms with van der Waals surface area (Å²) in [6.45, 7) is 2.02. The molecule has 1 N–H and O–H groups in total. The highest BCUT2D eigenvalue weighted by molar-refractivity contribution is 5.41. The third kappa shape index (κ3) is 5.41. The van der Waals surface area contributed by atoms with Crippen LogP contribution in [0.15, 0.2) is 66.7 Å². The lowest BCUT2D eigenvalue weighted by molar-refractivity contribution is 0.298. The fraction of sp³-hybridized carbons (Fsp3) is 0.238. The number of benzene rings is 2. The molecule has 0 aliphatic rings. The maximum Gasteiger partial charge on any atom is 0.200 e. The number of fused-ring (bicyclic) bond motifs is 1. The van der Waals surface area contributed by atoms with E-state index in [1.165, 1.54) is 4.63 Å². The van der Waals surface area contributed by atoms with E-state index in [1.54, 1.807) is 0 Å². The molecule has 2 heterocycles. The predicted octanol–water partition coefficient (Wildman–Crippen LogP) is 3.37. The molecule has 2 aromatic carbocycles. The highest BCUT2D eigenvalue weighted by Crippen LogP contribution is 2.19. The lowest BCUT2D eigenvalue weighted by Gasteiger charge is -2.09. The Kier molecular flexibility index (Phi) is 6.11. The van der Waals surface area contributed by atoms with Crippen LogP contribution in [0.1, 0.15) is 18.4 Å². The lowest BCUT2D eigenvalue weighted by Crippen LogP contribution is -2.08. The molecule has 0 radical (unpaired) electrons. The number of unbranched alkanes of at least 4 members (excludes halogenated alkanes) is 1. The highest BCUT2D eigenvalue weighted by atomic mass is 16.5. The standard InChI is InChI=1S/C21H22N6O2/c1-2-6-17(7-3-1)16-29-19-10-8-18(9-11-19)28-15-5-4-14-22-20-12-13-21-23-25-26-27(21)24-20/h1-3,6-13H,4-5,14-16H2,(H,22,24). The monoisotopic (exact) mass is 390 g/mol. The first-order valence-electron chi connectivity index (χ1n) is 9.56. The first-order valence-corrected chi connectivity index (χ1v) is 9.56. The van der Waals surface area contributed by atoms with Gasteiger partial charge in [-0.1, -0.05) is 30.3 Å². The molecule has 148 valence electrons. The third-order valence-corrected chi connectivity index (χ3v) is 4.29. The number of nitrogens with one attached hydrogen (secondary N) is 1. The van der Waals surface area contributed by atoms with Gasteiger partial charge in [-0.25, -0.2) is 0 Å². The normalized spacial score (nSPS) is 10.8. The minimum Gasteiger partial charge on any atom is -0.494 e. The quantitative estimate of drug-likeness (QED) is 0.416. The average molecular weight is 390 g/mol. The molecule has 0 spiro atoms. The number of ether oxygens (including phenoxy) is 2. The van der Waals surface area contributed by atoms with Gasteiger partial charge in [-0.05, 0) is 65.2 Å². The van der Waals surface area contributed by atoms with Crippen LogP contribution in [0, 0.1) is 0 Å². The molecule has 0 saturated carbocycles. The number of tetrazole rings is 1. The van der Waals surface area contributed by atoms with Crippen LogP contribution in [-0.2, 0) is 6.61 Å². The van der Waals surface area contributed by atoms with Crippen LogP contribution in [0.5, 0.6) is 11.5 Å². The van der Waals surface area contributed by atoms with Crippen molar-refractivity contribution in [2.45, 2.75) is 19.4 Å². The van der Waals surface area contributed by atoms with Crippen molar-refractivity contribution in [3.05, 3.63) is 72.3 Å². The summed E-state index contributed by atoms with van der Waals surface area (Å²) in [5.41, 5.74) is 1.77. The van der Waals surface area contributed by atoms with Crippen molar-refractivity contribution in [1.82, 2.24) is 25.3 Å². The first kappa shape index (κ1) is 18.7. The molecule has 0 aliphatic carbocycles. The summed E-state index contributed by atoms with van der Waals surface area (Å²) in [6.07, 6.45) is 1.90. The molecule has 4 aromatic rings. The Bertz CT molecular complexity index is 1020. The second kappa shape index (κ2) is 9.50. The Labute approximate surface area is 168 Å². The third-order valence-electron chi connectivity index (χ3n) is 4.29. The number of hydrogen-bond donors (Lipinski definition) is 1. The van der Waals surface area contributed by atoms with Crippen molar-refractivity contribution < 1.29 is 9.47 Å². The highest BCUT2D eigenvalue weighted by Gasteiger charge is 2.01. The Hall–Kier alpha value is -3.68. The molecular formula is C21H22N6O2. The van der Waals surface area contributed by atoms with E-state index in [4.69, 9.17) is 9.47 Å². The van der Waals surface area contributed by atoms with Crippen molar-refractivity contribution in [2.24, 2.45) is 0 Å². The summed E-state index contributed by atoms with van der Waals surface area (Å²) in [4.78, 5) is 0. The number of rotatable bonds is 10. The number of anilines is 1. The molecule has 0 bridgehead atoms. The van der Waals surface area contributed by atoms with Gasteiger partial charge in [0.1, 0.15) is 23.9 Å². The Morgan fingerprint density at radius 2 is 1.62 bits per heavy atom. The first-order chi connectivity index (χ1) is 14.4. The zero-order chi connectivity index (χ0) is 19.7. The van der Waals surface area contributed by atoms with Crippen LogP contribution in [0.4, 0.5) is 5.82 Å². The topological polar surface area (TPSA) is 86.5 Å². The summed E-state index contributed by atoms with van der Waals surface area (Å²) in [6, 6.07) is 21.5. The van der Waals surface area contributed by atoms with Crippen LogP contribution in [0.2, 0.25) is 0 Å². The molecule has 8 heteroatoms. The second-order valence-electron chi connectivity index (χ2n) is 6.47. The van der Waals surface area contributed by atoms with E-state index in [1.807, 2.05) is 66.7 Å². The van der Waals surface area contributed by atoms with Crippen molar-refractivity contribution in [2.75, 3.05) is 18.5 Å². The van der Waals surface area contributed by atoms with Crippen LogP contribution < -0.4 is 14.8 Å². The van der Waals surface area contributed by atoms with Crippen LogP contribution in [0.3, 0.4) is 0 Å². The lowest BCUT2D eigenvalue weighted by atomic mass is 10.2. The SMILES string of the molecule is c1ccc(COc2ccc(OCCCCNc3ccc4nnnn4n3)cc2)cc1. The number of hydrogen-bond acceptors (Lipinski definition) is 7. The Morgan fingerprint density at radius 1 is 0.828 bits per heavy atom. The van der Waals surface area contributed by atoms with E-state index >= 15 is 0 Å². The predicted molar refractivity (Wildman–Crippen MR) is 109 cm³/mol. The van der Waals surface area contributed by atoms with Crippen LogP contribution in [-0.4, -0.2) is 38.4 Å². The number of aromatic nitrogens is 5. The van der Waals surface area contributed by atoms with Gasteiger partial charge < -0.3 is 14.8 Å². The van der Waals surface area contributed by atoms with Gasteiger partial charge in [0.25, 0.3) is 0 Å². The molecule has 0 saturated heterocycles. The van der Waals surface area contributed by atoms with Crippen molar-refractivity contribution in [3.63, 3.8) is 0 Å². The second-order valence-corrected chi connectivity index (χ2v) is 6.47. The van der Waals surface area contributed by atoms with Gasteiger partial charge in [0.15, 0.2) is 5.65 Å². The van der Waals surface area contributed by atoms with Gasteiger partial charge in [-0.15, -0.1) is 14.8 Å². The van der Waals surface area contributed by atoms with Gasteiger partial charge in [0.2, 0.25) is 0 Å². The van der Waals surface area contributed by atoms with Gasteiger partial charge in [-0.3, -0.25) is 0 Å². The minimum absolute atomic E-state index is 0.559. The Morgan fingerprint density at radius 3 is 2.45 bits per heavy atom. The summed E-state index contributed by atoms with van der Waals surface area (Å²) < 4.78 is 13.0. The molecule has 0 atom stereocenters. The molecule has 0 amide bonds. The van der Waals surface area contributed by atoms with E-state index in [0.29, 0.717) is 18.9 Å². The van der Waals surface area contributed by atoms with E-state index in [0.717, 1.165) is 42.3 Å². The van der Waals surface area contributed by atoms with Gasteiger partial charge in [0.05, 0.1) is 6.61 Å². The fourth-order valence-corrected chi connectivity index (χ4v) is 2.75. The van der Waals surface area contributed by atoms with Gasteiger partial charge >= 0.3 is 0 Å². The van der Waals surface area contributed by atoms with E-state index in [-0.39, 0.29) is 0 Å². The molecule has 2 aromatic heterocycles. The van der Waals surface area contributed by atoms with Gasteiger partial charge in [-0.2, -0.15) is 0 Å². The minimum atomic E-state index is 0.559. The van der Waals surface area contributed by atoms with Gasteiger partial charge in [0, 0.05) is 6.54 Å². The molecule has 29 heavy (non-hydrogen) atoms. The summed E-state index contributed by atoms with van der Waals surface area (Å²) in [5.74, 6) is 2.42. The molecule has 0 aliphatic heterocycles. The molecular weight excluding hydrogens is 368 g/mol. The average Bonchev–Trinajstić information content (AvgIpc) is 3.24. The summed E-state index contributed by atoms with van der Waals surface area (Å²) >= 11 is 0. The number of nitrogens with zero attached hydrogens (tertiary/aromatic N) is 5. The Balaban J connectivity index is 1.12. The maximum atomic E-state index is 5.79. The van der Waals surface area contributed by atoms with Crippen molar-refractivity contribution in [1.29, 1.82) is 0 Å². The van der Waals surface area contributed by atoms with Crippen molar-refractivity contribution in [3.8, 4) is 11.5 Å². The van der Waals surface area contributed by atoms with E-state index in [9.17, 15) is 0 Å². The smallest absolute Gasteiger partial charge is 0.200 e.